The molecule has 0 spiro atoms. The molecule has 0 aliphatic carbocycles. The lowest BCUT2D eigenvalue weighted by atomic mass is 9.91. The van der Waals surface area contributed by atoms with Crippen molar-refractivity contribution < 1.29 is 47.6 Å². The summed E-state index contributed by atoms with van der Waals surface area (Å²) in [6.45, 7) is 1.96. The summed E-state index contributed by atoms with van der Waals surface area (Å²) in [6, 6.07) is 35.7. The second-order valence-electron chi connectivity index (χ2n) is 13.2. The first kappa shape index (κ1) is 41.6. The van der Waals surface area contributed by atoms with Gasteiger partial charge in [0.1, 0.15) is 31.0 Å². The van der Waals surface area contributed by atoms with Crippen molar-refractivity contribution in [2.45, 2.75) is 76.3 Å². The van der Waals surface area contributed by atoms with Gasteiger partial charge in [0.25, 0.3) is 5.91 Å². The molecule has 1 fully saturated rings. The molecular formula is C43H49N3O10. The number of hydrogen-bond acceptors (Lipinski definition) is 10. The minimum Gasteiger partial charge on any atom is -0.467 e. The third kappa shape index (κ3) is 13.0. The summed E-state index contributed by atoms with van der Waals surface area (Å²) in [7, 11) is 1.20. The molecule has 1 aliphatic heterocycles. The minimum atomic E-state index is -1.26. The fourth-order valence-corrected chi connectivity index (χ4v) is 6.23. The molecule has 4 aromatic rings. The molecule has 13 nitrogen and oxygen atoms in total. The molecule has 1 aliphatic rings. The first-order valence-corrected chi connectivity index (χ1v) is 18.5. The van der Waals surface area contributed by atoms with Crippen LogP contribution in [0, 0.1) is 0 Å². The van der Waals surface area contributed by atoms with Crippen molar-refractivity contribution >= 4 is 23.9 Å². The summed E-state index contributed by atoms with van der Waals surface area (Å²) in [5.41, 5.74) is 3.51. The van der Waals surface area contributed by atoms with E-state index >= 15 is 0 Å². The number of nitrogens with one attached hydrogen (secondary N) is 3. The first-order valence-electron chi connectivity index (χ1n) is 18.5. The van der Waals surface area contributed by atoms with Crippen molar-refractivity contribution in [1.29, 1.82) is 0 Å². The minimum absolute atomic E-state index is 0.000649. The summed E-state index contributed by atoms with van der Waals surface area (Å²) in [5, 5.41) is 8.22. The Morgan fingerprint density at radius 1 is 0.679 bits per heavy atom. The van der Waals surface area contributed by atoms with Gasteiger partial charge in [0.15, 0.2) is 6.10 Å². The van der Waals surface area contributed by atoms with Crippen molar-refractivity contribution in [1.82, 2.24) is 16.0 Å². The van der Waals surface area contributed by atoms with Crippen LogP contribution < -0.4 is 16.0 Å². The Labute approximate surface area is 327 Å². The molecule has 13 heteroatoms. The molecular weight excluding hydrogens is 718 g/mol. The number of rotatable bonds is 19. The third-order valence-corrected chi connectivity index (χ3v) is 9.01. The van der Waals surface area contributed by atoms with Crippen LogP contribution >= 0.6 is 0 Å². The molecule has 0 saturated carbocycles. The Bertz CT molecular complexity index is 1800. The number of carbonyl (C=O) groups excluding carboxylic acids is 4. The summed E-state index contributed by atoms with van der Waals surface area (Å²) < 4.78 is 36.0. The normalized spacial score (nSPS) is 19.6. The molecule has 6 atom stereocenters. The Morgan fingerprint density at radius 3 is 1.70 bits per heavy atom. The Balaban J connectivity index is 1.34. The number of amides is 3. The van der Waals surface area contributed by atoms with Crippen molar-refractivity contribution in [3.63, 3.8) is 0 Å². The second-order valence-corrected chi connectivity index (χ2v) is 13.2. The molecule has 296 valence electrons. The highest BCUT2D eigenvalue weighted by Gasteiger charge is 2.50. The third-order valence-electron chi connectivity index (χ3n) is 9.01. The van der Waals surface area contributed by atoms with Gasteiger partial charge in [-0.3, -0.25) is 9.59 Å². The number of alkyl carbamates (subject to hydrolysis) is 1. The monoisotopic (exact) mass is 767 g/mol. The van der Waals surface area contributed by atoms with Crippen LogP contribution in [-0.4, -0.2) is 80.6 Å². The van der Waals surface area contributed by atoms with E-state index in [9.17, 15) is 19.2 Å². The lowest BCUT2D eigenvalue weighted by Crippen LogP contribution is -2.68. The highest BCUT2D eigenvalue weighted by molar-refractivity contribution is 5.84. The SMILES string of the molecule is COC(=O)[C@H](CCNC(=O)[C@@H]1O[C@H](COCc2ccccc2)[C@@H](OCc2ccccc2)[C@H](OCc2ccccc2)[C@H]1NC(C)=O)NC(=O)OCc1ccccc1. The maximum atomic E-state index is 14.1. The zero-order chi connectivity index (χ0) is 39.5. The standard InChI is InChI=1S/C43H49N3O10/c1-30(47)45-37-39(54-27-33-19-11-5-12-20-33)38(53-26-32-17-9-4-10-18-32)36(29-52-25-31-15-7-3-8-16-31)56-40(37)41(48)44-24-23-35(42(49)51-2)46-43(50)55-28-34-21-13-6-14-22-34/h3-22,35-40H,23-29H2,1-2H3,(H,44,48)(H,45,47)(H,46,50)/t35-,36+,37+,38+,39+,40+/m0/s1. The predicted molar refractivity (Wildman–Crippen MR) is 206 cm³/mol. The zero-order valence-corrected chi connectivity index (χ0v) is 31.5. The van der Waals surface area contributed by atoms with Crippen LogP contribution in [0.25, 0.3) is 0 Å². The van der Waals surface area contributed by atoms with Crippen molar-refractivity contribution in [3.8, 4) is 0 Å². The summed E-state index contributed by atoms with van der Waals surface area (Å²) in [5.74, 6) is -1.71. The Kier molecular flexibility index (Phi) is 16.4. The van der Waals surface area contributed by atoms with Gasteiger partial charge < -0.3 is 44.4 Å². The van der Waals surface area contributed by atoms with Crippen molar-refractivity contribution in [2.75, 3.05) is 20.3 Å². The second kappa shape index (κ2) is 22.1. The van der Waals surface area contributed by atoms with E-state index in [-0.39, 0.29) is 46.0 Å². The van der Waals surface area contributed by atoms with Crippen LogP contribution in [0.15, 0.2) is 121 Å². The van der Waals surface area contributed by atoms with Crippen LogP contribution in [-0.2, 0) is 69.2 Å². The summed E-state index contributed by atoms with van der Waals surface area (Å²) in [4.78, 5) is 52.0. The first-order chi connectivity index (χ1) is 27.3. The van der Waals surface area contributed by atoms with E-state index in [1.165, 1.54) is 14.0 Å². The lowest BCUT2D eigenvalue weighted by molar-refractivity contribution is -0.230. The van der Waals surface area contributed by atoms with E-state index in [4.69, 9.17) is 28.4 Å². The molecule has 3 amide bonds. The number of esters is 1. The Morgan fingerprint density at radius 2 is 1.18 bits per heavy atom. The van der Waals surface area contributed by atoms with E-state index in [0.717, 1.165) is 22.3 Å². The van der Waals surface area contributed by atoms with E-state index < -0.39 is 60.4 Å². The van der Waals surface area contributed by atoms with E-state index in [1.807, 2.05) is 109 Å². The number of carbonyl (C=O) groups is 4. The van der Waals surface area contributed by atoms with Gasteiger partial charge in [-0.15, -0.1) is 0 Å². The zero-order valence-electron chi connectivity index (χ0n) is 31.5. The van der Waals surface area contributed by atoms with Gasteiger partial charge in [0, 0.05) is 13.5 Å². The maximum Gasteiger partial charge on any atom is 0.408 e. The molecule has 0 aromatic heterocycles. The molecule has 1 heterocycles. The van der Waals surface area contributed by atoms with Crippen LogP contribution in [0.3, 0.4) is 0 Å². The molecule has 0 bridgehead atoms. The number of hydrogen-bond donors (Lipinski definition) is 3. The van der Waals surface area contributed by atoms with Crippen molar-refractivity contribution in [3.05, 3.63) is 144 Å². The predicted octanol–water partition coefficient (Wildman–Crippen LogP) is 4.62. The average Bonchev–Trinajstić information content (AvgIpc) is 3.22. The van der Waals surface area contributed by atoms with Gasteiger partial charge in [-0.1, -0.05) is 121 Å². The Hall–Kier alpha value is -5.60. The van der Waals surface area contributed by atoms with Gasteiger partial charge in [-0.25, -0.2) is 9.59 Å². The van der Waals surface area contributed by atoms with Gasteiger partial charge in [-0.05, 0) is 28.7 Å². The van der Waals surface area contributed by atoms with E-state index in [2.05, 4.69) is 16.0 Å². The van der Waals surface area contributed by atoms with E-state index in [0.29, 0.717) is 0 Å². The lowest BCUT2D eigenvalue weighted by Gasteiger charge is -2.46. The molecule has 0 unspecified atom stereocenters. The molecule has 5 rings (SSSR count). The largest absolute Gasteiger partial charge is 0.467 e. The summed E-state index contributed by atoms with van der Waals surface area (Å²) >= 11 is 0. The van der Waals surface area contributed by atoms with Crippen LogP contribution in [0.4, 0.5) is 4.79 Å². The number of methoxy groups -OCH3 is 1. The van der Waals surface area contributed by atoms with Gasteiger partial charge in [0.2, 0.25) is 5.91 Å². The van der Waals surface area contributed by atoms with Crippen LogP contribution in [0.2, 0.25) is 0 Å². The molecule has 3 N–H and O–H groups in total. The highest BCUT2D eigenvalue weighted by Crippen LogP contribution is 2.29. The molecule has 1 saturated heterocycles. The molecule has 56 heavy (non-hydrogen) atoms. The quantitative estimate of drug-likeness (QED) is 0.115. The van der Waals surface area contributed by atoms with Gasteiger partial charge in [0.05, 0.1) is 39.6 Å². The summed E-state index contributed by atoms with van der Waals surface area (Å²) in [6.07, 6.45) is -4.59. The highest BCUT2D eigenvalue weighted by atomic mass is 16.6. The van der Waals surface area contributed by atoms with E-state index in [1.54, 1.807) is 12.1 Å². The topological polar surface area (TPSA) is 160 Å². The van der Waals surface area contributed by atoms with Crippen molar-refractivity contribution in [2.24, 2.45) is 0 Å². The van der Waals surface area contributed by atoms with Crippen LogP contribution in [0.1, 0.15) is 35.6 Å². The van der Waals surface area contributed by atoms with Gasteiger partial charge in [-0.2, -0.15) is 0 Å². The smallest absolute Gasteiger partial charge is 0.408 e. The van der Waals surface area contributed by atoms with Crippen LogP contribution in [0.5, 0.6) is 0 Å². The molecule has 0 radical (unpaired) electrons. The fraction of sp³-hybridized carbons (Fsp3) is 0.349. The molecule has 4 aromatic carbocycles. The van der Waals surface area contributed by atoms with Gasteiger partial charge >= 0.3 is 12.1 Å². The maximum absolute atomic E-state index is 14.1. The fourth-order valence-electron chi connectivity index (χ4n) is 6.23. The average molecular weight is 768 g/mol. The number of benzene rings is 4. The number of ether oxygens (including phenoxy) is 6.